The molecule has 0 atom stereocenters. The van der Waals surface area contributed by atoms with Crippen LogP contribution in [0.1, 0.15) is 11.3 Å². The second-order valence-corrected chi connectivity index (χ2v) is 6.96. The van der Waals surface area contributed by atoms with Crippen LogP contribution < -0.4 is 0 Å². The van der Waals surface area contributed by atoms with E-state index >= 15 is 0 Å². The molecule has 0 spiro atoms. The molecule has 1 aromatic heterocycles. The SMILES string of the molecule is CN(C)C(=N)c1c(C#N)cnn1-c1ccc(S(C)(=O)=O)cc1. The first-order valence-corrected chi connectivity index (χ1v) is 8.19. The predicted octanol–water partition coefficient (Wildman–Crippen LogP) is 1.03. The van der Waals surface area contributed by atoms with Crippen LogP contribution in [0, 0.1) is 16.7 Å². The molecule has 0 saturated heterocycles. The zero-order valence-electron chi connectivity index (χ0n) is 12.4. The van der Waals surface area contributed by atoms with Crippen LogP contribution in [0.25, 0.3) is 5.69 Å². The molecule has 7 nitrogen and oxygen atoms in total. The van der Waals surface area contributed by atoms with Crippen LogP contribution in [0.5, 0.6) is 0 Å². The molecule has 1 aromatic carbocycles. The van der Waals surface area contributed by atoms with Crippen molar-refractivity contribution < 1.29 is 8.42 Å². The Morgan fingerprint density at radius 3 is 2.36 bits per heavy atom. The molecular formula is C14H15N5O2S. The summed E-state index contributed by atoms with van der Waals surface area (Å²) in [6.45, 7) is 0. The van der Waals surface area contributed by atoms with Crippen molar-refractivity contribution in [2.24, 2.45) is 0 Å². The summed E-state index contributed by atoms with van der Waals surface area (Å²) in [5, 5.41) is 21.4. The number of sulfone groups is 1. The van der Waals surface area contributed by atoms with Crippen molar-refractivity contribution in [3.63, 3.8) is 0 Å². The number of nitrogens with one attached hydrogen (secondary N) is 1. The topological polar surface area (TPSA) is 103 Å². The van der Waals surface area contributed by atoms with Gasteiger partial charge in [-0.05, 0) is 24.3 Å². The predicted molar refractivity (Wildman–Crippen MR) is 81.9 cm³/mol. The van der Waals surface area contributed by atoms with Gasteiger partial charge in [-0.15, -0.1) is 0 Å². The van der Waals surface area contributed by atoms with Gasteiger partial charge >= 0.3 is 0 Å². The van der Waals surface area contributed by atoms with Gasteiger partial charge in [0.05, 0.1) is 16.8 Å². The van der Waals surface area contributed by atoms with Gasteiger partial charge in [-0.25, -0.2) is 13.1 Å². The number of rotatable bonds is 3. The van der Waals surface area contributed by atoms with Crippen molar-refractivity contribution >= 4 is 15.7 Å². The fourth-order valence-corrected chi connectivity index (χ4v) is 2.53. The summed E-state index contributed by atoms with van der Waals surface area (Å²) < 4.78 is 24.4. The summed E-state index contributed by atoms with van der Waals surface area (Å²) in [6.07, 6.45) is 2.52. The number of nitrogens with zero attached hydrogens (tertiary/aromatic N) is 4. The lowest BCUT2D eigenvalue weighted by Crippen LogP contribution is -2.25. The Balaban J connectivity index is 2.57. The van der Waals surface area contributed by atoms with Gasteiger partial charge in [-0.3, -0.25) is 5.41 Å². The molecule has 0 aliphatic heterocycles. The van der Waals surface area contributed by atoms with Gasteiger partial charge in [-0.2, -0.15) is 10.4 Å². The van der Waals surface area contributed by atoms with Crippen molar-refractivity contribution in [2.75, 3.05) is 20.4 Å². The summed E-state index contributed by atoms with van der Waals surface area (Å²) >= 11 is 0. The van der Waals surface area contributed by atoms with E-state index in [4.69, 9.17) is 10.7 Å². The lowest BCUT2D eigenvalue weighted by molar-refractivity contribution is 0.602. The molecular weight excluding hydrogens is 302 g/mol. The van der Waals surface area contributed by atoms with Gasteiger partial charge in [0.25, 0.3) is 0 Å². The van der Waals surface area contributed by atoms with Gasteiger partial charge in [0.15, 0.2) is 9.84 Å². The largest absolute Gasteiger partial charge is 0.361 e. The minimum absolute atomic E-state index is 0.140. The summed E-state index contributed by atoms with van der Waals surface area (Å²) in [7, 11) is 0.130. The van der Waals surface area contributed by atoms with Crippen LogP contribution in [0.2, 0.25) is 0 Å². The van der Waals surface area contributed by atoms with Crippen LogP contribution in [0.4, 0.5) is 0 Å². The molecule has 0 fully saturated rings. The monoisotopic (exact) mass is 317 g/mol. The Morgan fingerprint density at radius 2 is 1.91 bits per heavy atom. The quantitative estimate of drug-likeness (QED) is 0.673. The van der Waals surface area contributed by atoms with Crippen LogP contribution >= 0.6 is 0 Å². The maximum absolute atomic E-state index is 11.5. The summed E-state index contributed by atoms with van der Waals surface area (Å²) in [6, 6.07) is 8.15. The third kappa shape index (κ3) is 2.84. The van der Waals surface area contributed by atoms with E-state index in [9.17, 15) is 8.42 Å². The first-order valence-electron chi connectivity index (χ1n) is 6.30. The first kappa shape index (κ1) is 15.7. The molecule has 0 aliphatic carbocycles. The Kier molecular flexibility index (Phi) is 4.01. The molecule has 0 radical (unpaired) electrons. The van der Waals surface area contributed by atoms with Crippen LogP contribution in [0.3, 0.4) is 0 Å². The minimum Gasteiger partial charge on any atom is -0.361 e. The van der Waals surface area contributed by atoms with Crippen LogP contribution in [-0.2, 0) is 9.84 Å². The lowest BCUT2D eigenvalue weighted by Gasteiger charge is -2.15. The normalized spacial score (nSPS) is 11.0. The summed E-state index contributed by atoms with van der Waals surface area (Å²) in [5.74, 6) is 0.140. The van der Waals surface area contributed by atoms with E-state index in [1.54, 1.807) is 31.1 Å². The van der Waals surface area contributed by atoms with Gasteiger partial charge in [0.1, 0.15) is 23.2 Å². The molecule has 2 aromatic rings. The van der Waals surface area contributed by atoms with Gasteiger partial charge in [0, 0.05) is 20.4 Å². The number of nitriles is 1. The zero-order chi connectivity index (χ0) is 16.5. The first-order chi connectivity index (χ1) is 10.3. The fourth-order valence-electron chi connectivity index (χ4n) is 1.90. The Morgan fingerprint density at radius 1 is 1.32 bits per heavy atom. The van der Waals surface area contributed by atoms with E-state index in [1.807, 2.05) is 6.07 Å². The van der Waals surface area contributed by atoms with Gasteiger partial charge in [0.2, 0.25) is 0 Å². The molecule has 22 heavy (non-hydrogen) atoms. The average Bonchev–Trinajstić information content (AvgIpc) is 2.89. The Bertz CT molecular complexity index is 858. The van der Waals surface area contributed by atoms with Gasteiger partial charge < -0.3 is 4.90 Å². The van der Waals surface area contributed by atoms with Crippen molar-refractivity contribution in [1.82, 2.24) is 14.7 Å². The molecule has 8 heteroatoms. The molecule has 1 heterocycles. The van der Waals surface area contributed by atoms with E-state index in [0.717, 1.165) is 6.26 Å². The number of hydrogen-bond donors (Lipinski definition) is 1. The van der Waals surface area contributed by atoms with Crippen molar-refractivity contribution in [1.29, 1.82) is 10.7 Å². The molecule has 114 valence electrons. The maximum Gasteiger partial charge on any atom is 0.175 e. The number of benzene rings is 1. The number of amidine groups is 1. The average molecular weight is 317 g/mol. The highest BCUT2D eigenvalue weighted by molar-refractivity contribution is 7.90. The molecule has 1 N–H and O–H groups in total. The Labute approximate surface area is 128 Å². The van der Waals surface area contributed by atoms with E-state index in [-0.39, 0.29) is 16.3 Å². The van der Waals surface area contributed by atoms with Crippen LogP contribution in [0.15, 0.2) is 35.4 Å². The lowest BCUT2D eigenvalue weighted by atomic mass is 10.2. The molecule has 0 aliphatic rings. The highest BCUT2D eigenvalue weighted by atomic mass is 32.2. The minimum atomic E-state index is -3.27. The van der Waals surface area contributed by atoms with Crippen molar-refractivity contribution in [3.05, 3.63) is 41.7 Å². The summed E-state index contributed by atoms with van der Waals surface area (Å²) in [5.41, 5.74) is 1.22. The summed E-state index contributed by atoms with van der Waals surface area (Å²) in [4.78, 5) is 1.77. The molecule has 0 saturated carbocycles. The molecule has 2 rings (SSSR count). The Hall–Kier alpha value is -2.66. The second kappa shape index (κ2) is 5.61. The van der Waals surface area contributed by atoms with Gasteiger partial charge in [-0.1, -0.05) is 0 Å². The highest BCUT2D eigenvalue weighted by Crippen LogP contribution is 2.18. The van der Waals surface area contributed by atoms with Crippen molar-refractivity contribution in [3.8, 4) is 11.8 Å². The highest BCUT2D eigenvalue weighted by Gasteiger charge is 2.18. The zero-order valence-corrected chi connectivity index (χ0v) is 13.2. The van der Waals surface area contributed by atoms with Crippen molar-refractivity contribution in [2.45, 2.75) is 4.90 Å². The molecule has 0 bridgehead atoms. The maximum atomic E-state index is 11.5. The van der Waals surface area contributed by atoms with Crippen LogP contribution in [-0.4, -0.2) is 49.3 Å². The van der Waals surface area contributed by atoms with E-state index in [0.29, 0.717) is 11.4 Å². The van der Waals surface area contributed by atoms with E-state index in [1.165, 1.54) is 23.0 Å². The smallest absolute Gasteiger partial charge is 0.175 e. The molecule has 0 amide bonds. The second-order valence-electron chi connectivity index (χ2n) is 4.94. The molecule has 0 unspecified atom stereocenters. The standard InChI is InChI=1S/C14H15N5O2S/c1-18(2)14(16)13-10(8-15)9-17-19(13)11-4-6-12(7-5-11)22(3,20)21/h4-7,9,16H,1-3H3. The number of hydrogen-bond acceptors (Lipinski definition) is 5. The number of aromatic nitrogens is 2. The fraction of sp³-hybridized carbons (Fsp3) is 0.214. The van der Waals surface area contributed by atoms with E-state index < -0.39 is 9.84 Å². The third-order valence-corrected chi connectivity index (χ3v) is 4.20. The third-order valence-electron chi connectivity index (χ3n) is 3.07. The van der Waals surface area contributed by atoms with E-state index in [2.05, 4.69) is 5.10 Å².